The summed E-state index contributed by atoms with van der Waals surface area (Å²) in [5.74, 6) is -2.64. The van der Waals surface area contributed by atoms with E-state index in [9.17, 15) is 22.8 Å². The van der Waals surface area contributed by atoms with Crippen LogP contribution >= 0.6 is 0 Å². The number of carbonyl (C=O) groups is 2. The Balaban J connectivity index is 2.50. The van der Waals surface area contributed by atoms with E-state index < -0.39 is 29.1 Å². The lowest BCUT2D eigenvalue weighted by Gasteiger charge is -2.50. The van der Waals surface area contributed by atoms with Gasteiger partial charge in [-0.15, -0.1) is 0 Å². The maximum Gasteiger partial charge on any atom is 0.430 e. The minimum absolute atomic E-state index is 0.0314. The van der Waals surface area contributed by atoms with Crippen LogP contribution in [0, 0.1) is 11.8 Å². The van der Waals surface area contributed by atoms with Gasteiger partial charge in [0.05, 0.1) is 0 Å². The molecule has 1 aromatic rings. The van der Waals surface area contributed by atoms with Crippen LogP contribution in [0.1, 0.15) is 32.3 Å². The zero-order chi connectivity index (χ0) is 19.8. The number of hydrogen-bond acceptors (Lipinski definition) is 3. The van der Waals surface area contributed by atoms with Crippen molar-refractivity contribution in [2.45, 2.75) is 44.0 Å². The second-order valence-electron chi connectivity index (χ2n) is 6.93. The summed E-state index contributed by atoms with van der Waals surface area (Å²) >= 11 is 0. The molecule has 1 aliphatic carbocycles. The van der Waals surface area contributed by atoms with E-state index in [4.69, 9.17) is 10.5 Å². The largest absolute Gasteiger partial charge is 0.430 e. The lowest BCUT2D eigenvalue weighted by atomic mass is 9.61. The fourth-order valence-electron chi connectivity index (χ4n) is 3.74. The molecule has 0 bridgehead atoms. The number of nitrogens with two attached hydrogens (primary N) is 1. The molecule has 5 nitrogen and oxygen atoms in total. The van der Waals surface area contributed by atoms with Crippen LogP contribution in [0.4, 0.5) is 13.2 Å². The molecule has 0 spiro atoms. The van der Waals surface area contributed by atoms with Crippen molar-refractivity contribution in [1.29, 1.82) is 0 Å². The summed E-state index contributed by atoms with van der Waals surface area (Å²) in [6, 6.07) is 6.62. The number of alkyl halides is 3. The fraction of sp³-hybridized carbons (Fsp3) is 0.556. The van der Waals surface area contributed by atoms with Crippen molar-refractivity contribution in [3.8, 4) is 0 Å². The molecule has 144 valence electrons. The van der Waals surface area contributed by atoms with Crippen molar-refractivity contribution < 1.29 is 27.5 Å². The van der Waals surface area contributed by atoms with Crippen LogP contribution in [0.15, 0.2) is 30.3 Å². The molecule has 3 atom stereocenters. The van der Waals surface area contributed by atoms with E-state index in [1.54, 1.807) is 0 Å². The molecule has 2 amide bonds. The molecule has 3 N–H and O–H groups in total. The zero-order valence-corrected chi connectivity index (χ0v) is 14.9. The molecular weight excluding hydrogens is 349 g/mol. The molecule has 1 saturated carbocycles. The maximum absolute atomic E-state index is 14.0. The number of rotatable bonds is 6. The van der Waals surface area contributed by atoms with Gasteiger partial charge in [-0.2, -0.15) is 13.2 Å². The third-order valence-corrected chi connectivity index (χ3v) is 5.27. The van der Waals surface area contributed by atoms with Gasteiger partial charge in [0.25, 0.3) is 11.5 Å². The maximum atomic E-state index is 14.0. The summed E-state index contributed by atoms with van der Waals surface area (Å²) < 4.78 is 46.6. The predicted molar refractivity (Wildman–Crippen MR) is 88.8 cm³/mol. The van der Waals surface area contributed by atoms with E-state index in [2.05, 4.69) is 5.32 Å². The molecule has 26 heavy (non-hydrogen) atoms. The molecule has 0 heterocycles. The molecule has 2 rings (SSSR count). The zero-order valence-electron chi connectivity index (χ0n) is 14.9. The quantitative estimate of drug-likeness (QED) is 0.805. The lowest BCUT2D eigenvalue weighted by Crippen LogP contribution is -2.71. The number of methoxy groups -OCH3 is 1. The van der Waals surface area contributed by atoms with Gasteiger partial charge in [-0.3, -0.25) is 9.59 Å². The standard InChI is InChI=1S/C18H23F3N2O3/c1-11(2)13-9-10-16(13,14(22)24)23-15(25)17(26-3,18(19,20)21)12-7-5-4-6-8-12/h4-8,11,13H,9-10H2,1-3H3,(H2,22,24)(H,23,25)/t13-,16-,17+/m0/s1. The third kappa shape index (κ3) is 2.96. The van der Waals surface area contributed by atoms with Crippen LogP contribution in [0.25, 0.3) is 0 Å². The molecule has 1 aliphatic rings. The van der Waals surface area contributed by atoms with Gasteiger partial charge in [0.1, 0.15) is 5.54 Å². The second kappa shape index (κ2) is 6.90. The highest BCUT2D eigenvalue weighted by atomic mass is 19.4. The minimum Gasteiger partial charge on any atom is -0.368 e. The molecule has 0 aliphatic heterocycles. The third-order valence-electron chi connectivity index (χ3n) is 5.27. The Hall–Kier alpha value is -2.09. The predicted octanol–water partition coefficient (Wildman–Crippen LogP) is 2.50. The summed E-state index contributed by atoms with van der Waals surface area (Å²) in [6.07, 6.45) is -4.25. The highest BCUT2D eigenvalue weighted by molar-refractivity contribution is 5.95. The van der Waals surface area contributed by atoms with Gasteiger partial charge in [0.2, 0.25) is 5.91 Å². The number of amides is 2. The molecule has 0 aromatic heterocycles. The number of carbonyl (C=O) groups excluding carboxylic acids is 2. The number of ether oxygens (including phenoxy) is 1. The van der Waals surface area contributed by atoms with E-state index in [1.807, 2.05) is 13.8 Å². The van der Waals surface area contributed by atoms with Crippen LogP contribution in [0.3, 0.4) is 0 Å². The first-order valence-corrected chi connectivity index (χ1v) is 8.33. The highest BCUT2D eigenvalue weighted by Gasteiger charge is 2.65. The van der Waals surface area contributed by atoms with E-state index in [0.29, 0.717) is 6.42 Å². The minimum atomic E-state index is -5.04. The fourth-order valence-corrected chi connectivity index (χ4v) is 3.74. The summed E-state index contributed by atoms with van der Waals surface area (Å²) in [4.78, 5) is 24.9. The van der Waals surface area contributed by atoms with Crippen LogP contribution in [-0.2, 0) is 19.9 Å². The number of primary amides is 1. The molecular formula is C18H23F3N2O3. The molecule has 0 unspecified atom stereocenters. The van der Waals surface area contributed by atoms with Gasteiger partial charge < -0.3 is 15.8 Å². The normalized spacial score (nSPS) is 25.3. The highest BCUT2D eigenvalue weighted by Crippen LogP contribution is 2.46. The van der Waals surface area contributed by atoms with Gasteiger partial charge in [-0.05, 0) is 24.7 Å². The van der Waals surface area contributed by atoms with Crippen LogP contribution < -0.4 is 11.1 Å². The molecule has 0 radical (unpaired) electrons. The number of halogens is 3. The summed E-state index contributed by atoms with van der Waals surface area (Å²) in [5.41, 5.74) is 0.365. The van der Waals surface area contributed by atoms with E-state index >= 15 is 0 Å². The first-order valence-electron chi connectivity index (χ1n) is 8.33. The Morgan fingerprint density at radius 2 is 1.85 bits per heavy atom. The first-order chi connectivity index (χ1) is 12.0. The molecule has 8 heteroatoms. The van der Waals surface area contributed by atoms with Gasteiger partial charge >= 0.3 is 6.18 Å². The SMILES string of the molecule is CO[C@@](C(=O)N[C@@]1(C(N)=O)CC[C@H]1C(C)C)(c1ccccc1)C(F)(F)F. The molecule has 1 fully saturated rings. The van der Waals surface area contributed by atoms with Crippen LogP contribution in [-0.4, -0.2) is 30.6 Å². The van der Waals surface area contributed by atoms with Crippen LogP contribution in [0.2, 0.25) is 0 Å². The Kier molecular flexibility index (Phi) is 5.37. The van der Waals surface area contributed by atoms with Crippen molar-refractivity contribution in [2.24, 2.45) is 17.6 Å². The van der Waals surface area contributed by atoms with E-state index in [-0.39, 0.29) is 23.8 Å². The van der Waals surface area contributed by atoms with Gasteiger partial charge in [0.15, 0.2) is 0 Å². The van der Waals surface area contributed by atoms with Crippen molar-refractivity contribution in [2.75, 3.05) is 7.11 Å². The average molecular weight is 372 g/mol. The van der Waals surface area contributed by atoms with Gasteiger partial charge in [-0.25, -0.2) is 0 Å². The Labute approximate surface area is 150 Å². The van der Waals surface area contributed by atoms with Crippen molar-refractivity contribution >= 4 is 11.8 Å². The molecule has 1 aromatic carbocycles. The van der Waals surface area contributed by atoms with Crippen LogP contribution in [0.5, 0.6) is 0 Å². The first kappa shape index (κ1) is 20.2. The van der Waals surface area contributed by atoms with Crippen molar-refractivity contribution in [3.05, 3.63) is 35.9 Å². The van der Waals surface area contributed by atoms with E-state index in [0.717, 1.165) is 19.2 Å². The Morgan fingerprint density at radius 3 is 2.19 bits per heavy atom. The number of benzene rings is 1. The molecule has 0 saturated heterocycles. The number of nitrogens with one attached hydrogen (secondary N) is 1. The van der Waals surface area contributed by atoms with Crippen molar-refractivity contribution in [3.63, 3.8) is 0 Å². The number of hydrogen-bond donors (Lipinski definition) is 2. The van der Waals surface area contributed by atoms with Gasteiger partial charge in [0, 0.05) is 12.7 Å². The lowest BCUT2D eigenvalue weighted by molar-refractivity contribution is -0.267. The Bertz CT molecular complexity index is 678. The van der Waals surface area contributed by atoms with E-state index in [1.165, 1.54) is 18.2 Å². The smallest absolute Gasteiger partial charge is 0.368 e. The van der Waals surface area contributed by atoms with Gasteiger partial charge in [-0.1, -0.05) is 44.2 Å². The topological polar surface area (TPSA) is 81.4 Å². The van der Waals surface area contributed by atoms with Crippen molar-refractivity contribution in [1.82, 2.24) is 5.32 Å². The summed E-state index contributed by atoms with van der Waals surface area (Å²) in [6.45, 7) is 3.66. The second-order valence-corrected chi connectivity index (χ2v) is 6.93. The average Bonchev–Trinajstić information content (AvgIpc) is 2.51. The monoisotopic (exact) mass is 372 g/mol. The summed E-state index contributed by atoms with van der Waals surface area (Å²) in [7, 11) is 0.817. The Morgan fingerprint density at radius 1 is 1.27 bits per heavy atom. The summed E-state index contributed by atoms with van der Waals surface area (Å²) in [5, 5.41) is 2.30.